The Bertz CT molecular complexity index is 389. The third-order valence-corrected chi connectivity index (χ3v) is 1.91. The van der Waals surface area contributed by atoms with Gasteiger partial charge in [-0.1, -0.05) is 13.8 Å². The fourth-order valence-corrected chi connectivity index (χ4v) is 1.11. The number of hydrogen-bond donors (Lipinski definition) is 1. The molecule has 0 amide bonds. The summed E-state index contributed by atoms with van der Waals surface area (Å²) < 4.78 is 0. The normalized spacial score (nSPS) is 11.2. The molecule has 0 aliphatic carbocycles. The number of fused-ring (bicyclic) bond motifs is 1. The van der Waals surface area contributed by atoms with Crippen molar-refractivity contribution in [2.75, 3.05) is 0 Å². The molecule has 0 bridgehead atoms. The Morgan fingerprint density at radius 3 is 3.08 bits per heavy atom. The Hall–Kier alpha value is -1.38. The van der Waals surface area contributed by atoms with E-state index in [9.17, 15) is 0 Å². The average molecular weight is 160 g/mol. The van der Waals surface area contributed by atoms with Gasteiger partial charge in [-0.25, -0.2) is 9.97 Å². The highest BCUT2D eigenvalue weighted by Gasteiger charge is 2.02. The van der Waals surface area contributed by atoms with Crippen molar-refractivity contribution in [2.45, 2.75) is 19.8 Å². The van der Waals surface area contributed by atoms with Crippen molar-refractivity contribution in [3.05, 3.63) is 24.2 Å². The Kier molecular flexibility index (Phi) is 1.57. The number of aromatic nitrogens is 3. The molecule has 1 N–H and O–H groups in total. The van der Waals surface area contributed by atoms with Crippen molar-refractivity contribution in [2.24, 2.45) is 0 Å². The summed E-state index contributed by atoms with van der Waals surface area (Å²) in [5.74, 6) is 0.499. The van der Waals surface area contributed by atoms with E-state index in [1.54, 1.807) is 0 Å². The molecule has 2 aromatic heterocycles. The summed E-state index contributed by atoms with van der Waals surface area (Å²) in [7, 11) is 0. The molecule has 0 aliphatic heterocycles. The van der Waals surface area contributed by atoms with Gasteiger partial charge in [0.1, 0.15) is 5.52 Å². The number of hydrogen-bond acceptors (Lipinski definition) is 2. The minimum Gasteiger partial charge on any atom is -0.320 e. The zero-order valence-corrected chi connectivity index (χ0v) is 7.13. The highest BCUT2D eigenvalue weighted by molar-refractivity contribution is 5.70. The average Bonchev–Trinajstić information content (AvgIpc) is 2.49. The topological polar surface area (TPSA) is 41.6 Å². The summed E-state index contributed by atoms with van der Waals surface area (Å²) in [6.45, 7) is 4.28. The van der Waals surface area contributed by atoms with Crippen molar-refractivity contribution in [1.82, 2.24) is 15.0 Å². The van der Waals surface area contributed by atoms with Gasteiger partial charge in [-0.15, -0.1) is 0 Å². The van der Waals surface area contributed by atoms with Gasteiger partial charge < -0.3 is 4.98 Å². The van der Waals surface area contributed by atoms with Crippen LogP contribution in [0.4, 0.5) is 0 Å². The van der Waals surface area contributed by atoms with Gasteiger partial charge in [0.05, 0.1) is 0 Å². The SMILES string of the molecule is CC(C)c1cnc2[nH][c]nc2c1. The third kappa shape index (κ3) is 1.07. The molecule has 2 aromatic rings. The van der Waals surface area contributed by atoms with Crippen molar-refractivity contribution in [1.29, 1.82) is 0 Å². The molecule has 0 saturated carbocycles. The van der Waals surface area contributed by atoms with E-state index in [0.717, 1.165) is 11.2 Å². The lowest BCUT2D eigenvalue weighted by atomic mass is 10.1. The molecule has 2 rings (SSSR count). The monoisotopic (exact) mass is 160 g/mol. The van der Waals surface area contributed by atoms with Crippen molar-refractivity contribution >= 4 is 11.2 Å². The van der Waals surface area contributed by atoms with Crippen molar-refractivity contribution in [3.8, 4) is 0 Å². The third-order valence-electron chi connectivity index (χ3n) is 1.91. The van der Waals surface area contributed by atoms with Crippen molar-refractivity contribution < 1.29 is 0 Å². The molecule has 0 atom stereocenters. The molecule has 0 aliphatic rings. The number of rotatable bonds is 1. The summed E-state index contributed by atoms with van der Waals surface area (Å²) >= 11 is 0. The maximum Gasteiger partial charge on any atom is 0.175 e. The fourth-order valence-electron chi connectivity index (χ4n) is 1.11. The first-order valence-electron chi connectivity index (χ1n) is 3.99. The molecule has 0 saturated heterocycles. The molecular weight excluding hydrogens is 150 g/mol. The second-order valence-corrected chi connectivity index (χ2v) is 3.14. The molecule has 0 spiro atoms. The van der Waals surface area contributed by atoms with Crippen LogP contribution >= 0.6 is 0 Å². The summed E-state index contributed by atoms with van der Waals surface area (Å²) in [5.41, 5.74) is 2.91. The highest BCUT2D eigenvalue weighted by atomic mass is 14.9. The largest absolute Gasteiger partial charge is 0.320 e. The van der Waals surface area contributed by atoms with E-state index < -0.39 is 0 Å². The van der Waals surface area contributed by atoms with Gasteiger partial charge >= 0.3 is 0 Å². The molecular formula is C9H10N3. The second-order valence-electron chi connectivity index (χ2n) is 3.14. The molecule has 0 fully saturated rings. The summed E-state index contributed by atoms with van der Waals surface area (Å²) in [6, 6.07) is 2.04. The van der Waals surface area contributed by atoms with Crippen LogP contribution in [0, 0.1) is 6.33 Å². The van der Waals surface area contributed by atoms with Gasteiger partial charge in [-0.3, -0.25) is 0 Å². The van der Waals surface area contributed by atoms with E-state index in [2.05, 4.69) is 35.1 Å². The minimum atomic E-state index is 0.499. The highest BCUT2D eigenvalue weighted by Crippen LogP contribution is 2.16. The first kappa shape index (κ1) is 7.28. The molecule has 61 valence electrons. The maximum absolute atomic E-state index is 4.21. The Balaban J connectivity index is 2.60. The van der Waals surface area contributed by atoms with Crippen LogP contribution in [0.1, 0.15) is 25.3 Å². The predicted octanol–water partition coefficient (Wildman–Crippen LogP) is 1.88. The van der Waals surface area contributed by atoms with E-state index in [4.69, 9.17) is 0 Å². The van der Waals surface area contributed by atoms with Gasteiger partial charge in [0.25, 0.3) is 0 Å². The Morgan fingerprint density at radius 2 is 2.33 bits per heavy atom. The maximum atomic E-state index is 4.21. The van der Waals surface area contributed by atoms with Gasteiger partial charge in [-0.05, 0) is 17.5 Å². The van der Waals surface area contributed by atoms with E-state index in [0.29, 0.717) is 5.92 Å². The van der Waals surface area contributed by atoms with Crippen LogP contribution in [-0.4, -0.2) is 15.0 Å². The van der Waals surface area contributed by atoms with Crippen LogP contribution in [0.3, 0.4) is 0 Å². The molecule has 1 radical (unpaired) electrons. The fraction of sp³-hybridized carbons (Fsp3) is 0.333. The number of H-pyrrole nitrogens is 1. The zero-order chi connectivity index (χ0) is 8.55. The standard InChI is InChI=1S/C9H10N3/c1-6(2)7-3-8-9(10-4-7)12-5-11-8/h3-4,6H,1-2H3,(H,10,11,12). The number of pyridine rings is 1. The lowest BCUT2D eigenvalue weighted by Gasteiger charge is -2.02. The summed E-state index contributed by atoms with van der Waals surface area (Å²) in [6.07, 6.45) is 4.54. The van der Waals surface area contributed by atoms with Crippen LogP contribution < -0.4 is 0 Å². The summed E-state index contributed by atoms with van der Waals surface area (Å²) in [5, 5.41) is 0. The molecule has 3 heteroatoms. The lowest BCUT2D eigenvalue weighted by Crippen LogP contribution is -1.88. The van der Waals surface area contributed by atoms with E-state index in [1.807, 2.05) is 12.3 Å². The van der Waals surface area contributed by atoms with Crippen LogP contribution in [-0.2, 0) is 0 Å². The lowest BCUT2D eigenvalue weighted by molar-refractivity contribution is 0.861. The second kappa shape index (κ2) is 2.59. The summed E-state index contributed by atoms with van der Waals surface area (Å²) in [4.78, 5) is 11.1. The Morgan fingerprint density at radius 1 is 1.50 bits per heavy atom. The van der Waals surface area contributed by atoms with Crippen LogP contribution in [0.5, 0.6) is 0 Å². The van der Waals surface area contributed by atoms with Gasteiger partial charge in [-0.2, -0.15) is 0 Å². The van der Waals surface area contributed by atoms with Crippen LogP contribution in [0.25, 0.3) is 11.2 Å². The van der Waals surface area contributed by atoms with E-state index in [1.165, 1.54) is 5.56 Å². The van der Waals surface area contributed by atoms with E-state index >= 15 is 0 Å². The first-order valence-corrected chi connectivity index (χ1v) is 3.99. The smallest absolute Gasteiger partial charge is 0.175 e. The number of imidazole rings is 1. The van der Waals surface area contributed by atoms with E-state index in [-0.39, 0.29) is 0 Å². The zero-order valence-electron chi connectivity index (χ0n) is 7.13. The Labute approximate surface area is 70.9 Å². The number of nitrogens with zero attached hydrogens (tertiary/aromatic N) is 2. The minimum absolute atomic E-state index is 0.499. The predicted molar refractivity (Wildman–Crippen MR) is 46.8 cm³/mol. The molecule has 3 nitrogen and oxygen atoms in total. The molecule has 0 aromatic carbocycles. The quantitative estimate of drug-likeness (QED) is 0.692. The molecule has 12 heavy (non-hydrogen) atoms. The molecule has 0 unspecified atom stereocenters. The van der Waals surface area contributed by atoms with Crippen molar-refractivity contribution in [3.63, 3.8) is 0 Å². The van der Waals surface area contributed by atoms with Crippen LogP contribution in [0.2, 0.25) is 0 Å². The number of nitrogens with one attached hydrogen (secondary N) is 1. The number of aromatic amines is 1. The first-order chi connectivity index (χ1) is 5.77. The van der Waals surface area contributed by atoms with Gasteiger partial charge in [0, 0.05) is 6.20 Å². The molecule has 2 heterocycles. The van der Waals surface area contributed by atoms with Crippen LogP contribution in [0.15, 0.2) is 12.3 Å². The van der Waals surface area contributed by atoms with Gasteiger partial charge in [0.2, 0.25) is 0 Å². The van der Waals surface area contributed by atoms with Gasteiger partial charge in [0.15, 0.2) is 12.0 Å².